The second kappa shape index (κ2) is 11.0. The number of rotatable bonds is 8. The van der Waals surface area contributed by atoms with E-state index in [1.165, 1.54) is 7.11 Å². The lowest BCUT2D eigenvalue weighted by Crippen LogP contribution is -2.14. The first-order valence-electron chi connectivity index (χ1n) is 12.1. The van der Waals surface area contributed by atoms with E-state index in [9.17, 15) is 9.59 Å². The molecule has 0 spiro atoms. The van der Waals surface area contributed by atoms with Gasteiger partial charge < -0.3 is 23.5 Å². The molecule has 11 heteroatoms. The molecule has 0 unspecified atom stereocenters. The van der Waals surface area contributed by atoms with Crippen molar-refractivity contribution in [2.75, 3.05) is 33.3 Å². The van der Waals surface area contributed by atoms with E-state index in [-0.39, 0.29) is 13.2 Å². The van der Waals surface area contributed by atoms with Crippen LogP contribution in [0.5, 0.6) is 11.5 Å². The van der Waals surface area contributed by atoms with Gasteiger partial charge in [0, 0.05) is 27.7 Å². The van der Waals surface area contributed by atoms with E-state index in [4.69, 9.17) is 18.9 Å². The Morgan fingerprint density at radius 3 is 2.51 bits per heavy atom. The van der Waals surface area contributed by atoms with Gasteiger partial charge in [-0.3, -0.25) is 5.32 Å². The quantitative estimate of drug-likeness (QED) is 0.245. The number of methoxy groups -OCH3 is 3. The maximum atomic E-state index is 13.6. The third-order valence-electron chi connectivity index (χ3n) is 6.32. The molecular weight excluding hydrogens is 520 g/mol. The van der Waals surface area contributed by atoms with Crippen molar-refractivity contribution in [3.63, 3.8) is 0 Å². The van der Waals surface area contributed by atoms with Crippen LogP contribution >= 0.6 is 11.7 Å². The van der Waals surface area contributed by atoms with Crippen LogP contribution in [0, 0.1) is 0 Å². The molecule has 10 nitrogen and oxygen atoms in total. The van der Waals surface area contributed by atoms with Gasteiger partial charge in [-0.1, -0.05) is 6.07 Å². The predicted octanol–water partition coefficient (Wildman–Crippen LogP) is 5.73. The molecular formula is C28H26N4O6S. The maximum absolute atomic E-state index is 13.6. The Bertz CT molecular complexity index is 1690. The molecule has 0 aliphatic heterocycles. The minimum Gasteiger partial charge on any atom is -0.497 e. The molecule has 0 aliphatic carbocycles. The van der Waals surface area contributed by atoms with Crippen molar-refractivity contribution in [2.24, 2.45) is 0 Å². The van der Waals surface area contributed by atoms with E-state index in [0.29, 0.717) is 34.0 Å². The van der Waals surface area contributed by atoms with Gasteiger partial charge in [-0.05, 0) is 61.0 Å². The van der Waals surface area contributed by atoms with Gasteiger partial charge >= 0.3 is 12.1 Å². The third-order valence-corrected chi connectivity index (χ3v) is 6.88. The zero-order chi connectivity index (χ0) is 27.5. The summed E-state index contributed by atoms with van der Waals surface area (Å²) in [7, 11) is 4.49. The number of ether oxygens (including phenoxy) is 4. The van der Waals surface area contributed by atoms with Crippen LogP contribution in [0.25, 0.3) is 33.1 Å². The van der Waals surface area contributed by atoms with Crippen LogP contribution in [0.3, 0.4) is 0 Å². The van der Waals surface area contributed by atoms with Crippen molar-refractivity contribution in [3.05, 3.63) is 65.9 Å². The topological polar surface area (TPSA) is 114 Å². The number of hydrogen-bond acceptors (Lipinski definition) is 9. The van der Waals surface area contributed by atoms with Gasteiger partial charge in [0.25, 0.3) is 0 Å². The Morgan fingerprint density at radius 1 is 0.949 bits per heavy atom. The standard InChI is InChI=1S/C28H26N4O6S/c1-5-38-27(33)26-25(16-6-9-21-22(13-16)31-39-30-21)20-14-18(29-28(34)37-4)7-10-23(20)32(26)15-17-12-19(35-2)8-11-24(17)36-3/h6-14H,5,15H2,1-4H3,(H,29,34). The number of hydrogen-bond donors (Lipinski definition) is 1. The van der Waals surface area contributed by atoms with Crippen molar-refractivity contribution in [3.8, 4) is 22.6 Å². The van der Waals surface area contributed by atoms with Crippen LogP contribution in [-0.4, -0.2) is 53.3 Å². The van der Waals surface area contributed by atoms with Gasteiger partial charge in [-0.2, -0.15) is 8.75 Å². The molecule has 1 N–H and O–H groups in total. The lowest BCUT2D eigenvalue weighted by molar-refractivity contribution is 0.0516. The molecule has 0 bridgehead atoms. The highest BCUT2D eigenvalue weighted by Gasteiger charge is 2.27. The lowest BCUT2D eigenvalue weighted by Gasteiger charge is -2.15. The molecule has 0 fully saturated rings. The van der Waals surface area contributed by atoms with Gasteiger partial charge in [-0.15, -0.1) is 0 Å². The second-order valence-corrected chi connectivity index (χ2v) is 9.05. The summed E-state index contributed by atoms with van der Waals surface area (Å²) in [6, 6.07) is 16.6. The molecule has 5 rings (SSSR count). The summed E-state index contributed by atoms with van der Waals surface area (Å²) in [5.74, 6) is 0.823. The first-order valence-corrected chi connectivity index (χ1v) is 12.8. The van der Waals surface area contributed by atoms with Crippen molar-refractivity contribution in [1.82, 2.24) is 13.3 Å². The Kier molecular flexibility index (Phi) is 7.33. The number of benzene rings is 3. The molecule has 0 radical (unpaired) electrons. The zero-order valence-electron chi connectivity index (χ0n) is 21.8. The van der Waals surface area contributed by atoms with Crippen LogP contribution in [0.1, 0.15) is 23.0 Å². The van der Waals surface area contributed by atoms with E-state index in [1.54, 1.807) is 27.2 Å². The number of carbonyl (C=O) groups excluding carboxylic acids is 2. The van der Waals surface area contributed by atoms with E-state index < -0.39 is 12.1 Å². The molecule has 1 amide bonds. The predicted molar refractivity (Wildman–Crippen MR) is 149 cm³/mol. The summed E-state index contributed by atoms with van der Waals surface area (Å²) in [6.07, 6.45) is -0.600. The van der Waals surface area contributed by atoms with E-state index >= 15 is 0 Å². The van der Waals surface area contributed by atoms with Gasteiger partial charge in [0.05, 0.1) is 46.2 Å². The van der Waals surface area contributed by atoms with Crippen molar-refractivity contribution < 1.29 is 28.5 Å². The largest absolute Gasteiger partial charge is 0.497 e. The first-order chi connectivity index (χ1) is 19.0. The maximum Gasteiger partial charge on any atom is 0.411 e. The third kappa shape index (κ3) is 4.96. The Morgan fingerprint density at radius 2 is 1.77 bits per heavy atom. The number of anilines is 1. The van der Waals surface area contributed by atoms with E-state index in [1.807, 2.05) is 53.1 Å². The molecule has 5 aromatic rings. The zero-order valence-corrected chi connectivity index (χ0v) is 22.6. The number of fused-ring (bicyclic) bond motifs is 2. The van der Waals surface area contributed by atoms with Crippen LogP contribution in [0.2, 0.25) is 0 Å². The number of aromatic nitrogens is 3. The average Bonchev–Trinajstić information content (AvgIpc) is 3.55. The van der Waals surface area contributed by atoms with Gasteiger partial charge in [0.2, 0.25) is 0 Å². The van der Waals surface area contributed by atoms with E-state index in [2.05, 4.69) is 14.1 Å². The second-order valence-electron chi connectivity index (χ2n) is 8.52. The SMILES string of the molecule is CCOC(=O)c1c(-c2ccc3nsnc3c2)c2cc(NC(=O)OC)ccc2n1Cc1cc(OC)ccc1OC. The van der Waals surface area contributed by atoms with E-state index in [0.717, 1.165) is 39.3 Å². The Labute approximate surface area is 228 Å². The van der Waals surface area contributed by atoms with Crippen LogP contribution in [-0.2, 0) is 16.0 Å². The molecule has 0 atom stereocenters. The van der Waals surface area contributed by atoms with Crippen molar-refractivity contribution >= 4 is 51.4 Å². The molecule has 2 aromatic heterocycles. The molecule has 39 heavy (non-hydrogen) atoms. The highest BCUT2D eigenvalue weighted by Crippen LogP contribution is 2.39. The monoisotopic (exact) mass is 546 g/mol. The van der Waals surface area contributed by atoms with Crippen LogP contribution in [0.15, 0.2) is 54.6 Å². The number of amides is 1. The molecule has 2 heterocycles. The number of esters is 1. The Balaban J connectivity index is 1.81. The highest BCUT2D eigenvalue weighted by atomic mass is 32.1. The normalized spacial score (nSPS) is 11.0. The summed E-state index contributed by atoms with van der Waals surface area (Å²) in [6.45, 7) is 2.25. The van der Waals surface area contributed by atoms with Gasteiger partial charge in [-0.25, -0.2) is 9.59 Å². The summed E-state index contributed by atoms with van der Waals surface area (Å²) in [5.41, 5.74) is 5.31. The summed E-state index contributed by atoms with van der Waals surface area (Å²) >= 11 is 1.12. The average molecular weight is 547 g/mol. The summed E-state index contributed by atoms with van der Waals surface area (Å²) in [5, 5.41) is 3.44. The molecule has 0 saturated carbocycles. The Hall–Kier alpha value is -4.64. The number of carbonyl (C=O) groups is 2. The minimum absolute atomic E-state index is 0.201. The van der Waals surface area contributed by atoms with Crippen molar-refractivity contribution in [2.45, 2.75) is 13.5 Å². The summed E-state index contributed by atoms with van der Waals surface area (Å²) < 4.78 is 32.0. The first kappa shape index (κ1) is 26.0. The van der Waals surface area contributed by atoms with Crippen LogP contribution in [0.4, 0.5) is 10.5 Å². The smallest absolute Gasteiger partial charge is 0.411 e. The molecule has 3 aromatic carbocycles. The number of nitrogens with zero attached hydrogens (tertiary/aromatic N) is 3. The molecule has 0 aliphatic rings. The highest BCUT2D eigenvalue weighted by molar-refractivity contribution is 7.00. The molecule has 0 saturated heterocycles. The lowest BCUT2D eigenvalue weighted by atomic mass is 10.0. The van der Waals surface area contributed by atoms with Gasteiger partial charge in [0.1, 0.15) is 28.2 Å². The summed E-state index contributed by atoms with van der Waals surface area (Å²) in [4.78, 5) is 25.6. The minimum atomic E-state index is -0.600. The van der Waals surface area contributed by atoms with Gasteiger partial charge in [0.15, 0.2) is 0 Å². The van der Waals surface area contributed by atoms with Crippen molar-refractivity contribution in [1.29, 1.82) is 0 Å². The fourth-order valence-corrected chi connectivity index (χ4v) is 5.10. The number of nitrogens with one attached hydrogen (secondary N) is 1. The fourth-order valence-electron chi connectivity index (χ4n) is 4.58. The molecule has 200 valence electrons. The fraction of sp³-hybridized carbons (Fsp3) is 0.214. The van der Waals surface area contributed by atoms with Crippen LogP contribution < -0.4 is 14.8 Å².